The lowest BCUT2D eigenvalue weighted by Gasteiger charge is -2.32. The Morgan fingerprint density at radius 1 is 1.19 bits per heavy atom. The van der Waals surface area contributed by atoms with E-state index in [0.29, 0.717) is 11.6 Å². The van der Waals surface area contributed by atoms with Gasteiger partial charge >= 0.3 is 0 Å². The van der Waals surface area contributed by atoms with Crippen LogP contribution in [-0.4, -0.2) is 30.7 Å². The lowest BCUT2D eigenvalue weighted by Crippen LogP contribution is -2.38. The van der Waals surface area contributed by atoms with Crippen molar-refractivity contribution in [3.05, 3.63) is 58.6 Å². The first-order valence-corrected chi connectivity index (χ1v) is 9.67. The van der Waals surface area contributed by atoms with Crippen molar-refractivity contribution in [3.8, 4) is 5.75 Å². The van der Waals surface area contributed by atoms with Crippen LogP contribution >= 0.6 is 11.6 Å². The van der Waals surface area contributed by atoms with Crippen LogP contribution in [0.1, 0.15) is 24.0 Å². The van der Waals surface area contributed by atoms with Crippen molar-refractivity contribution in [1.29, 1.82) is 0 Å². The van der Waals surface area contributed by atoms with Gasteiger partial charge in [0.1, 0.15) is 5.75 Å². The molecule has 2 aromatic rings. The molecule has 4 rings (SSSR count). The lowest BCUT2D eigenvalue weighted by molar-refractivity contribution is -0.121. The highest BCUT2D eigenvalue weighted by molar-refractivity contribution is 6.30. The van der Waals surface area contributed by atoms with E-state index in [1.165, 1.54) is 0 Å². The number of rotatable bonds is 4. The van der Waals surface area contributed by atoms with E-state index in [9.17, 15) is 4.79 Å². The maximum absolute atomic E-state index is 12.5. The molecule has 0 bridgehead atoms. The first-order chi connectivity index (χ1) is 13.2. The number of hydrogen-bond donors (Lipinski definition) is 1. The van der Waals surface area contributed by atoms with Crippen LogP contribution < -0.4 is 10.1 Å². The number of carbonyl (C=O) groups is 1. The Hall–Kier alpha value is -2.08. The highest BCUT2D eigenvalue weighted by atomic mass is 35.5. The Morgan fingerprint density at radius 2 is 1.96 bits per heavy atom. The van der Waals surface area contributed by atoms with E-state index < -0.39 is 0 Å². The van der Waals surface area contributed by atoms with Crippen molar-refractivity contribution in [2.75, 3.05) is 25.2 Å². The predicted molar refractivity (Wildman–Crippen MR) is 105 cm³/mol. The van der Waals surface area contributed by atoms with Gasteiger partial charge in [-0.05, 0) is 50.2 Å². The first kappa shape index (κ1) is 18.3. The Balaban J connectivity index is 1.35. The van der Waals surface area contributed by atoms with Crippen LogP contribution in [0.3, 0.4) is 0 Å². The van der Waals surface area contributed by atoms with Crippen molar-refractivity contribution in [1.82, 2.24) is 4.90 Å². The number of nitrogens with zero attached hydrogens (tertiary/aromatic N) is 1. The molecule has 2 heterocycles. The van der Waals surface area contributed by atoms with Gasteiger partial charge in [-0.15, -0.1) is 0 Å². The number of hydrogen-bond acceptors (Lipinski definition) is 4. The normalized spacial score (nSPS) is 17.8. The van der Waals surface area contributed by atoms with E-state index in [2.05, 4.69) is 10.2 Å². The van der Waals surface area contributed by atoms with Gasteiger partial charge in [0, 0.05) is 34.3 Å². The van der Waals surface area contributed by atoms with Gasteiger partial charge in [0.05, 0.1) is 6.61 Å². The van der Waals surface area contributed by atoms with Gasteiger partial charge in [-0.2, -0.15) is 0 Å². The molecule has 2 aromatic carbocycles. The third-order valence-electron chi connectivity index (χ3n) is 5.15. The molecule has 0 atom stereocenters. The Kier molecular flexibility index (Phi) is 5.62. The van der Waals surface area contributed by atoms with Crippen molar-refractivity contribution in [2.45, 2.75) is 26.0 Å². The maximum atomic E-state index is 12.5. The number of carbonyl (C=O) groups excluding carboxylic acids is 1. The second-order valence-corrected chi connectivity index (χ2v) is 7.51. The van der Waals surface area contributed by atoms with Gasteiger partial charge in [0.25, 0.3) is 0 Å². The molecular weight excluding hydrogens is 364 g/mol. The van der Waals surface area contributed by atoms with E-state index in [4.69, 9.17) is 21.1 Å². The molecule has 1 N–H and O–H groups in total. The number of anilines is 1. The summed E-state index contributed by atoms with van der Waals surface area (Å²) in [5.41, 5.74) is 2.95. The monoisotopic (exact) mass is 386 g/mol. The molecule has 0 spiro atoms. The molecule has 2 aliphatic rings. The van der Waals surface area contributed by atoms with Crippen molar-refractivity contribution < 1.29 is 14.3 Å². The fourth-order valence-corrected chi connectivity index (χ4v) is 4.00. The minimum Gasteiger partial charge on any atom is -0.467 e. The molecule has 1 amide bonds. The largest absolute Gasteiger partial charge is 0.467 e. The van der Waals surface area contributed by atoms with Gasteiger partial charge in [-0.25, -0.2) is 0 Å². The quantitative estimate of drug-likeness (QED) is 0.861. The summed E-state index contributed by atoms with van der Waals surface area (Å²) in [5, 5.41) is 3.72. The minimum absolute atomic E-state index is 0.0550. The third-order valence-corrected chi connectivity index (χ3v) is 5.36. The number of nitrogens with one attached hydrogen (secondary N) is 1. The van der Waals surface area contributed by atoms with Gasteiger partial charge in [0.15, 0.2) is 6.79 Å². The summed E-state index contributed by atoms with van der Waals surface area (Å²) in [4.78, 5) is 14.8. The minimum atomic E-state index is 0.0550. The molecule has 2 aliphatic heterocycles. The number of ether oxygens (including phenoxy) is 2. The second kappa shape index (κ2) is 8.30. The molecule has 0 aromatic heterocycles. The predicted octanol–water partition coefficient (Wildman–Crippen LogP) is 4.06. The number of fused-ring (bicyclic) bond motifs is 1. The maximum Gasteiger partial charge on any atom is 0.227 e. The molecule has 1 saturated heterocycles. The van der Waals surface area contributed by atoms with E-state index in [0.717, 1.165) is 55.0 Å². The van der Waals surface area contributed by atoms with Crippen molar-refractivity contribution >= 4 is 23.2 Å². The Morgan fingerprint density at radius 3 is 2.74 bits per heavy atom. The summed E-state index contributed by atoms with van der Waals surface area (Å²) < 4.78 is 11.1. The number of likely N-dealkylation sites (tertiary alicyclic amines) is 1. The highest BCUT2D eigenvalue weighted by Crippen LogP contribution is 2.33. The number of halogens is 1. The smallest absolute Gasteiger partial charge is 0.227 e. The van der Waals surface area contributed by atoms with E-state index in [1.807, 2.05) is 42.5 Å². The van der Waals surface area contributed by atoms with Crippen LogP contribution in [-0.2, 0) is 22.7 Å². The average molecular weight is 387 g/mol. The molecule has 0 saturated carbocycles. The molecule has 0 radical (unpaired) electrons. The fraction of sp³-hybridized carbons (Fsp3) is 0.381. The van der Waals surface area contributed by atoms with Crippen molar-refractivity contribution in [3.63, 3.8) is 0 Å². The van der Waals surface area contributed by atoms with Gasteiger partial charge in [0.2, 0.25) is 5.91 Å². The van der Waals surface area contributed by atoms with Gasteiger partial charge < -0.3 is 14.8 Å². The standard InChI is InChI=1S/C21H23ClN2O3/c22-18-10-16(20-17(11-18)13-26-14-27-20)12-24-8-6-15(7-9-24)21(25)23-19-4-2-1-3-5-19/h1-5,10-11,15H,6-9,12-14H2,(H,23,25). The molecule has 0 unspecified atom stereocenters. The number of para-hydroxylation sites is 1. The van der Waals surface area contributed by atoms with Gasteiger partial charge in [-0.1, -0.05) is 29.8 Å². The second-order valence-electron chi connectivity index (χ2n) is 7.07. The van der Waals surface area contributed by atoms with Crippen LogP contribution in [0.5, 0.6) is 5.75 Å². The van der Waals surface area contributed by atoms with Crippen LogP contribution in [0.15, 0.2) is 42.5 Å². The summed E-state index contributed by atoms with van der Waals surface area (Å²) in [5.74, 6) is 1.07. The summed E-state index contributed by atoms with van der Waals surface area (Å²) in [7, 11) is 0. The molecule has 27 heavy (non-hydrogen) atoms. The van der Waals surface area contributed by atoms with E-state index in [1.54, 1.807) is 0 Å². The molecule has 1 fully saturated rings. The highest BCUT2D eigenvalue weighted by Gasteiger charge is 2.26. The molecule has 5 nitrogen and oxygen atoms in total. The summed E-state index contributed by atoms with van der Waals surface area (Å²) in [6, 6.07) is 13.5. The molecule has 142 valence electrons. The van der Waals surface area contributed by atoms with Crippen LogP contribution in [0, 0.1) is 5.92 Å². The first-order valence-electron chi connectivity index (χ1n) is 9.29. The van der Waals surface area contributed by atoms with Crippen LogP contribution in [0.2, 0.25) is 5.02 Å². The molecule has 0 aliphatic carbocycles. The molecular formula is C21H23ClN2O3. The fourth-order valence-electron chi connectivity index (χ4n) is 3.73. The number of benzene rings is 2. The zero-order valence-corrected chi connectivity index (χ0v) is 15.9. The Labute approximate surface area is 164 Å². The van der Waals surface area contributed by atoms with Gasteiger partial charge in [-0.3, -0.25) is 9.69 Å². The SMILES string of the molecule is O=C(Nc1ccccc1)C1CCN(Cc2cc(Cl)cc3c2OCOC3)CC1. The van der Waals surface area contributed by atoms with Crippen molar-refractivity contribution in [2.24, 2.45) is 5.92 Å². The molecule has 6 heteroatoms. The number of amides is 1. The zero-order valence-electron chi connectivity index (χ0n) is 15.1. The summed E-state index contributed by atoms with van der Waals surface area (Å²) in [6.07, 6.45) is 1.71. The van der Waals surface area contributed by atoms with E-state index in [-0.39, 0.29) is 18.6 Å². The Bertz CT molecular complexity index is 805. The third kappa shape index (κ3) is 4.43. The zero-order chi connectivity index (χ0) is 18.6. The number of piperidine rings is 1. The average Bonchev–Trinajstić information content (AvgIpc) is 2.69. The topological polar surface area (TPSA) is 50.8 Å². The summed E-state index contributed by atoms with van der Waals surface area (Å²) in [6.45, 7) is 3.35. The lowest BCUT2D eigenvalue weighted by atomic mass is 9.95. The van der Waals surface area contributed by atoms with Crippen LogP contribution in [0.4, 0.5) is 5.69 Å². The van der Waals surface area contributed by atoms with E-state index >= 15 is 0 Å². The summed E-state index contributed by atoms with van der Waals surface area (Å²) >= 11 is 6.26. The van der Waals surface area contributed by atoms with Crippen LogP contribution in [0.25, 0.3) is 0 Å².